The lowest BCUT2D eigenvalue weighted by Gasteiger charge is -2.05. The third-order valence-corrected chi connectivity index (χ3v) is 10.4. The molecule has 2 heterocycles. The highest BCUT2D eigenvalue weighted by Crippen LogP contribution is 2.33. The maximum atomic E-state index is 12.6. The number of fused-ring (bicyclic) bond motifs is 2. The van der Waals surface area contributed by atoms with E-state index in [2.05, 4.69) is 56.1 Å². The monoisotopic (exact) mass is 633 g/mol. The number of amides is 2. The highest BCUT2D eigenvalue weighted by Gasteiger charge is 2.13. The maximum Gasteiger partial charge on any atom is 0.255 e. The summed E-state index contributed by atoms with van der Waals surface area (Å²) in [5.74, 6) is 0.567. The van der Waals surface area contributed by atoms with Gasteiger partial charge in [0, 0.05) is 22.0 Å². The second-order valence-corrected chi connectivity index (χ2v) is 13.6. The molecule has 204 valence electrons. The second-order valence-electron chi connectivity index (χ2n) is 8.76. The number of thiazole rings is 1. The van der Waals surface area contributed by atoms with Crippen molar-refractivity contribution in [2.24, 2.45) is 0 Å². The highest BCUT2D eigenvalue weighted by molar-refractivity contribution is 8.01. The standard InChI is InChI=1S/C29H20ClN5O2S4/c30-20-10-8-18(9-11-20)26(37)31-21-12-13-23-24(14-21)40-28(32-23)39-16-25(36)33-27-34-35-29(41-27)38-15-19-6-3-5-17-4-1-2-7-22(17)19/h1-14H,15-16H2,(H,31,37)(H,33,34,36). The van der Waals surface area contributed by atoms with Crippen LogP contribution in [0.2, 0.25) is 5.02 Å². The number of aromatic nitrogens is 3. The number of nitrogens with zero attached hydrogens (tertiary/aromatic N) is 3. The normalized spacial score (nSPS) is 11.1. The third kappa shape index (κ3) is 6.88. The highest BCUT2D eigenvalue weighted by atomic mass is 35.5. The van der Waals surface area contributed by atoms with Gasteiger partial charge >= 0.3 is 0 Å². The number of nitrogens with one attached hydrogen (secondary N) is 2. The van der Waals surface area contributed by atoms with Gasteiger partial charge in [-0.25, -0.2) is 4.98 Å². The van der Waals surface area contributed by atoms with Crippen LogP contribution in [0.15, 0.2) is 93.6 Å². The van der Waals surface area contributed by atoms with Crippen LogP contribution in [0.3, 0.4) is 0 Å². The van der Waals surface area contributed by atoms with E-state index >= 15 is 0 Å². The number of hydrogen-bond acceptors (Lipinski definition) is 9. The predicted octanol–water partition coefficient (Wildman–Crippen LogP) is 8.23. The summed E-state index contributed by atoms with van der Waals surface area (Å²) in [4.78, 5) is 29.7. The minimum atomic E-state index is -0.219. The van der Waals surface area contributed by atoms with Gasteiger partial charge in [-0.15, -0.1) is 21.5 Å². The van der Waals surface area contributed by atoms with E-state index in [4.69, 9.17) is 11.6 Å². The van der Waals surface area contributed by atoms with Crippen LogP contribution in [0.4, 0.5) is 10.8 Å². The molecule has 2 N–H and O–H groups in total. The van der Waals surface area contributed by atoms with Crippen LogP contribution >= 0.6 is 57.8 Å². The Bertz CT molecular complexity index is 1870. The number of halogens is 1. The molecule has 6 rings (SSSR count). The Hall–Kier alpha value is -3.48. The van der Waals surface area contributed by atoms with Crippen molar-refractivity contribution in [1.29, 1.82) is 0 Å². The van der Waals surface area contributed by atoms with Crippen molar-refractivity contribution in [3.05, 3.63) is 101 Å². The first-order chi connectivity index (χ1) is 20.0. The minimum Gasteiger partial charge on any atom is -0.322 e. The van der Waals surface area contributed by atoms with E-state index in [9.17, 15) is 9.59 Å². The molecule has 6 aromatic rings. The molecule has 41 heavy (non-hydrogen) atoms. The quantitative estimate of drug-likeness (QED) is 0.122. The van der Waals surface area contributed by atoms with Crippen LogP contribution < -0.4 is 10.6 Å². The molecular formula is C29H20ClN5O2S4. The van der Waals surface area contributed by atoms with Gasteiger partial charge in [-0.2, -0.15) is 0 Å². The predicted molar refractivity (Wildman–Crippen MR) is 172 cm³/mol. The molecule has 0 aliphatic rings. The topological polar surface area (TPSA) is 96.9 Å². The summed E-state index contributed by atoms with van der Waals surface area (Å²) in [7, 11) is 0. The van der Waals surface area contributed by atoms with Gasteiger partial charge in [0.25, 0.3) is 5.91 Å². The SMILES string of the molecule is O=C(CSc1nc2ccc(NC(=O)c3ccc(Cl)cc3)cc2s1)Nc1nnc(SCc2cccc3ccccc23)s1. The largest absolute Gasteiger partial charge is 0.322 e. The van der Waals surface area contributed by atoms with Gasteiger partial charge in [0.1, 0.15) is 0 Å². The molecule has 12 heteroatoms. The van der Waals surface area contributed by atoms with Crippen LogP contribution in [-0.4, -0.2) is 32.7 Å². The van der Waals surface area contributed by atoms with Gasteiger partial charge in [-0.1, -0.05) is 88.9 Å². The smallest absolute Gasteiger partial charge is 0.255 e. The minimum absolute atomic E-state index is 0.174. The molecule has 0 spiro atoms. The number of carbonyl (C=O) groups is 2. The Balaban J connectivity index is 1.01. The number of hydrogen-bond donors (Lipinski definition) is 2. The van der Waals surface area contributed by atoms with Crippen LogP contribution in [0.1, 0.15) is 15.9 Å². The molecule has 0 radical (unpaired) electrons. The lowest BCUT2D eigenvalue weighted by Crippen LogP contribution is -2.13. The fourth-order valence-corrected chi connectivity index (χ4v) is 7.81. The van der Waals surface area contributed by atoms with Gasteiger partial charge in [0.2, 0.25) is 11.0 Å². The summed E-state index contributed by atoms with van der Waals surface area (Å²) in [5, 5.41) is 17.6. The van der Waals surface area contributed by atoms with E-state index in [1.54, 1.807) is 36.0 Å². The summed E-state index contributed by atoms with van der Waals surface area (Å²) < 4.78 is 2.48. The Morgan fingerprint density at radius 3 is 2.54 bits per heavy atom. The molecule has 0 aliphatic heterocycles. The zero-order valence-corrected chi connectivity index (χ0v) is 25.2. The molecule has 2 aromatic heterocycles. The van der Waals surface area contributed by atoms with E-state index in [-0.39, 0.29) is 17.6 Å². The number of anilines is 2. The molecule has 2 amide bonds. The fourth-order valence-electron chi connectivity index (χ4n) is 4.01. The first-order valence-electron chi connectivity index (χ1n) is 12.3. The molecule has 7 nitrogen and oxygen atoms in total. The van der Waals surface area contributed by atoms with E-state index in [1.807, 2.05) is 30.3 Å². The zero-order chi connectivity index (χ0) is 28.2. The molecule has 0 unspecified atom stereocenters. The lowest BCUT2D eigenvalue weighted by molar-refractivity contribution is -0.113. The summed E-state index contributed by atoms with van der Waals surface area (Å²) in [6, 6.07) is 26.9. The molecule has 0 fully saturated rings. The number of thioether (sulfide) groups is 2. The second kappa shape index (κ2) is 12.6. The van der Waals surface area contributed by atoms with E-state index in [1.165, 1.54) is 50.8 Å². The van der Waals surface area contributed by atoms with Crippen molar-refractivity contribution < 1.29 is 9.59 Å². The van der Waals surface area contributed by atoms with E-state index < -0.39 is 0 Å². The van der Waals surface area contributed by atoms with Crippen LogP contribution in [0, 0.1) is 0 Å². The van der Waals surface area contributed by atoms with Gasteiger partial charge in [0.15, 0.2) is 8.68 Å². The summed E-state index contributed by atoms with van der Waals surface area (Å²) in [6.07, 6.45) is 0. The molecule has 0 bridgehead atoms. The summed E-state index contributed by atoms with van der Waals surface area (Å²) in [6.45, 7) is 0. The van der Waals surface area contributed by atoms with Crippen LogP contribution in [0.25, 0.3) is 21.0 Å². The van der Waals surface area contributed by atoms with E-state index in [0.29, 0.717) is 21.4 Å². The van der Waals surface area contributed by atoms with Gasteiger partial charge in [0.05, 0.1) is 16.0 Å². The molecule has 0 aliphatic carbocycles. The van der Waals surface area contributed by atoms with Gasteiger partial charge in [-0.3, -0.25) is 14.9 Å². The van der Waals surface area contributed by atoms with Gasteiger partial charge < -0.3 is 5.32 Å². The average Bonchev–Trinajstić information content (AvgIpc) is 3.61. The van der Waals surface area contributed by atoms with E-state index in [0.717, 1.165) is 24.6 Å². The van der Waals surface area contributed by atoms with Gasteiger partial charge in [-0.05, 0) is 58.8 Å². The zero-order valence-electron chi connectivity index (χ0n) is 21.2. The molecule has 0 saturated heterocycles. The lowest BCUT2D eigenvalue weighted by atomic mass is 10.1. The number of carbonyl (C=O) groups excluding carboxylic acids is 2. The Morgan fingerprint density at radius 1 is 0.829 bits per heavy atom. The van der Waals surface area contributed by atoms with Crippen molar-refractivity contribution in [1.82, 2.24) is 15.2 Å². The first-order valence-corrected chi connectivity index (χ1v) is 16.3. The van der Waals surface area contributed by atoms with Crippen molar-refractivity contribution in [2.45, 2.75) is 14.4 Å². The molecule has 0 saturated carbocycles. The van der Waals surface area contributed by atoms with Crippen molar-refractivity contribution in [3.8, 4) is 0 Å². The Morgan fingerprint density at radius 2 is 1.66 bits per heavy atom. The molecule has 4 aromatic carbocycles. The summed E-state index contributed by atoms with van der Waals surface area (Å²) >= 11 is 11.7. The van der Waals surface area contributed by atoms with Crippen molar-refractivity contribution >= 4 is 101 Å². The average molecular weight is 634 g/mol. The van der Waals surface area contributed by atoms with Crippen LogP contribution in [0.5, 0.6) is 0 Å². The fraction of sp³-hybridized carbons (Fsp3) is 0.0690. The number of benzene rings is 4. The number of rotatable bonds is 9. The van der Waals surface area contributed by atoms with Crippen LogP contribution in [-0.2, 0) is 10.5 Å². The molecular weight excluding hydrogens is 614 g/mol. The summed E-state index contributed by atoms with van der Waals surface area (Å²) in [5.41, 5.74) is 3.23. The van der Waals surface area contributed by atoms with Crippen molar-refractivity contribution in [3.63, 3.8) is 0 Å². The third-order valence-electron chi connectivity index (χ3n) is 5.94. The Labute approximate surface area is 256 Å². The molecule has 0 atom stereocenters. The maximum absolute atomic E-state index is 12.6. The Kier molecular flexibility index (Phi) is 8.49. The van der Waals surface area contributed by atoms with Crippen molar-refractivity contribution in [2.75, 3.05) is 16.4 Å². The first kappa shape index (κ1) is 27.7.